The summed E-state index contributed by atoms with van der Waals surface area (Å²) in [6.07, 6.45) is -2.26. The van der Waals surface area contributed by atoms with Crippen molar-refractivity contribution in [1.82, 2.24) is 10.6 Å². The fourth-order valence-electron chi connectivity index (χ4n) is 0.947. The van der Waals surface area contributed by atoms with E-state index in [-0.39, 0.29) is 6.54 Å². The molecule has 3 N–H and O–H groups in total. The van der Waals surface area contributed by atoms with Gasteiger partial charge in [0.1, 0.15) is 6.17 Å². The molecular formula is C5H9FN2O2. The molecule has 4 nitrogen and oxygen atoms in total. The molecule has 0 saturated carbocycles. The molecule has 2 atom stereocenters. The molecule has 0 radical (unpaired) electrons. The van der Waals surface area contributed by atoms with Crippen LogP contribution in [0.4, 0.5) is 9.18 Å². The highest BCUT2D eigenvalue weighted by molar-refractivity contribution is 5.65. The van der Waals surface area contributed by atoms with Crippen LogP contribution in [0.15, 0.2) is 0 Å². The highest BCUT2D eigenvalue weighted by Crippen LogP contribution is 2.03. The van der Waals surface area contributed by atoms with Crippen LogP contribution in [0.5, 0.6) is 0 Å². The Bertz CT molecular complexity index is 142. The standard InChI is InChI=1S/C5H9FN2O2/c6-3-1-7-2-4(3)8-5(9)10/h3-4,7-8H,1-2H2,(H,9,10)/t3-,4-/m0/s1. The van der Waals surface area contributed by atoms with Crippen molar-refractivity contribution in [1.29, 1.82) is 0 Å². The number of carbonyl (C=O) groups is 1. The highest BCUT2D eigenvalue weighted by atomic mass is 19.1. The van der Waals surface area contributed by atoms with Crippen LogP contribution in [0.1, 0.15) is 0 Å². The molecule has 0 unspecified atom stereocenters. The van der Waals surface area contributed by atoms with Crippen molar-refractivity contribution in [2.75, 3.05) is 13.1 Å². The van der Waals surface area contributed by atoms with Gasteiger partial charge >= 0.3 is 6.09 Å². The van der Waals surface area contributed by atoms with E-state index in [2.05, 4.69) is 10.6 Å². The molecule has 0 aromatic rings. The molecular weight excluding hydrogens is 139 g/mol. The highest BCUT2D eigenvalue weighted by Gasteiger charge is 2.27. The summed E-state index contributed by atoms with van der Waals surface area (Å²) >= 11 is 0. The molecule has 1 saturated heterocycles. The molecule has 10 heavy (non-hydrogen) atoms. The predicted molar refractivity (Wildman–Crippen MR) is 32.7 cm³/mol. The number of halogens is 1. The minimum absolute atomic E-state index is 0.241. The lowest BCUT2D eigenvalue weighted by Gasteiger charge is -2.09. The summed E-state index contributed by atoms with van der Waals surface area (Å²) in [6.45, 7) is 0.623. The molecule has 1 aliphatic heterocycles. The minimum atomic E-state index is -1.17. The summed E-state index contributed by atoms with van der Waals surface area (Å²) in [5.74, 6) is 0. The van der Waals surface area contributed by atoms with E-state index in [1.807, 2.05) is 0 Å². The molecule has 1 aliphatic rings. The average molecular weight is 148 g/mol. The maximum absolute atomic E-state index is 12.6. The van der Waals surface area contributed by atoms with E-state index in [9.17, 15) is 9.18 Å². The molecule has 1 heterocycles. The first kappa shape index (κ1) is 7.27. The van der Waals surface area contributed by atoms with Gasteiger partial charge in [0.05, 0.1) is 6.04 Å². The van der Waals surface area contributed by atoms with Crippen molar-refractivity contribution in [3.63, 3.8) is 0 Å². The Hall–Kier alpha value is -0.840. The van der Waals surface area contributed by atoms with Gasteiger partial charge < -0.3 is 15.7 Å². The van der Waals surface area contributed by atoms with Crippen LogP contribution in [-0.2, 0) is 0 Å². The van der Waals surface area contributed by atoms with Crippen molar-refractivity contribution < 1.29 is 14.3 Å². The van der Waals surface area contributed by atoms with Crippen LogP contribution in [0, 0.1) is 0 Å². The summed E-state index contributed by atoms with van der Waals surface area (Å²) in [5, 5.41) is 13.0. The van der Waals surface area contributed by atoms with Crippen molar-refractivity contribution in [3.05, 3.63) is 0 Å². The zero-order valence-electron chi connectivity index (χ0n) is 5.30. The van der Waals surface area contributed by atoms with Gasteiger partial charge in [-0.15, -0.1) is 0 Å². The van der Waals surface area contributed by atoms with Gasteiger partial charge in [-0.25, -0.2) is 9.18 Å². The number of hydrogen-bond donors (Lipinski definition) is 3. The number of alkyl halides is 1. The lowest BCUT2D eigenvalue weighted by Crippen LogP contribution is -2.40. The van der Waals surface area contributed by atoms with Crippen LogP contribution >= 0.6 is 0 Å². The lowest BCUT2D eigenvalue weighted by molar-refractivity contribution is 0.183. The van der Waals surface area contributed by atoms with Gasteiger partial charge in [-0.2, -0.15) is 0 Å². The molecule has 1 amide bonds. The first-order valence-electron chi connectivity index (χ1n) is 3.04. The Morgan fingerprint density at radius 1 is 1.70 bits per heavy atom. The maximum Gasteiger partial charge on any atom is 0.405 e. The van der Waals surface area contributed by atoms with E-state index in [0.717, 1.165) is 0 Å². The molecule has 5 heteroatoms. The van der Waals surface area contributed by atoms with Gasteiger partial charge in [0, 0.05) is 13.1 Å². The summed E-state index contributed by atoms with van der Waals surface area (Å²) in [7, 11) is 0. The van der Waals surface area contributed by atoms with Crippen LogP contribution < -0.4 is 10.6 Å². The zero-order chi connectivity index (χ0) is 7.56. The van der Waals surface area contributed by atoms with Gasteiger partial charge in [-0.1, -0.05) is 0 Å². The molecule has 0 aromatic heterocycles. The largest absolute Gasteiger partial charge is 0.465 e. The van der Waals surface area contributed by atoms with E-state index in [1.54, 1.807) is 0 Å². The molecule has 0 aromatic carbocycles. The van der Waals surface area contributed by atoms with Gasteiger partial charge in [-0.3, -0.25) is 0 Å². The van der Waals surface area contributed by atoms with Gasteiger partial charge in [-0.05, 0) is 0 Å². The quantitative estimate of drug-likeness (QED) is 0.472. The third kappa shape index (κ3) is 1.57. The van der Waals surface area contributed by atoms with Crippen LogP contribution in [0.2, 0.25) is 0 Å². The first-order valence-corrected chi connectivity index (χ1v) is 3.04. The third-order valence-corrected chi connectivity index (χ3v) is 1.45. The van der Waals surface area contributed by atoms with Crippen molar-refractivity contribution in [2.24, 2.45) is 0 Å². The fourth-order valence-corrected chi connectivity index (χ4v) is 0.947. The number of amides is 1. The van der Waals surface area contributed by atoms with Gasteiger partial charge in [0.15, 0.2) is 0 Å². The summed E-state index contributed by atoms with van der Waals surface area (Å²) in [6, 6.07) is -0.572. The molecule has 1 rings (SSSR count). The smallest absolute Gasteiger partial charge is 0.405 e. The summed E-state index contributed by atoms with van der Waals surface area (Å²) < 4.78 is 12.6. The molecule has 0 bridgehead atoms. The Labute approximate surface area is 57.4 Å². The Morgan fingerprint density at radius 2 is 2.40 bits per heavy atom. The maximum atomic E-state index is 12.6. The first-order chi connectivity index (χ1) is 4.70. The van der Waals surface area contributed by atoms with Crippen LogP contribution in [-0.4, -0.2) is 36.5 Å². The second-order valence-corrected chi connectivity index (χ2v) is 2.23. The Balaban J connectivity index is 2.33. The van der Waals surface area contributed by atoms with E-state index >= 15 is 0 Å². The zero-order valence-corrected chi connectivity index (χ0v) is 5.30. The second kappa shape index (κ2) is 2.83. The monoisotopic (exact) mass is 148 g/mol. The normalized spacial score (nSPS) is 32.1. The van der Waals surface area contributed by atoms with Crippen molar-refractivity contribution in [2.45, 2.75) is 12.2 Å². The van der Waals surface area contributed by atoms with Gasteiger partial charge in [0.2, 0.25) is 0 Å². The Morgan fingerprint density at radius 3 is 2.80 bits per heavy atom. The third-order valence-electron chi connectivity index (χ3n) is 1.45. The van der Waals surface area contributed by atoms with Crippen molar-refractivity contribution >= 4 is 6.09 Å². The molecule has 58 valence electrons. The number of hydrogen-bond acceptors (Lipinski definition) is 2. The van der Waals surface area contributed by atoms with Crippen LogP contribution in [0.25, 0.3) is 0 Å². The van der Waals surface area contributed by atoms with E-state index < -0.39 is 18.3 Å². The van der Waals surface area contributed by atoms with E-state index in [0.29, 0.717) is 6.54 Å². The van der Waals surface area contributed by atoms with Crippen molar-refractivity contribution in [3.8, 4) is 0 Å². The summed E-state index contributed by atoms with van der Waals surface area (Å²) in [5.41, 5.74) is 0. The molecule has 0 spiro atoms. The minimum Gasteiger partial charge on any atom is -0.465 e. The second-order valence-electron chi connectivity index (χ2n) is 2.23. The fraction of sp³-hybridized carbons (Fsp3) is 0.800. The number of carboxylic acid groups (broad SMARTS) is 1. The number of rotatable bonds is 1. The average Bonchev–Trinajstić information content (AvgIpc) is 2.15. The molecule has 0 aliphatic carbocycles. The van der Waals surface area contributed by atoms with Gasteiger partial charge in [0.25, 0.3) is 0 Å². The van der Waals surface area contributed by atoms with E-state index in [4.69, 9.17) is 5.11 Å². The SMILES string of the molecule is O=C(O)N[C@H]1CNC[C@@H]1F. The van der Waals surface area contributed by atoms with E-state index in [1.165, 1.54) is 0 Å². The lowest BCUT2D eigenvalue weighted by atomic mass is 10.2. The molecule has 1 fully saturated rings. The Kier molecular flexibility index (Phi) is 2.06. The number of nitrogens with one attached hydrogen (secondary N) is 2. The summed E-state index contributed by atoms with van der Waals surface area (Å²) in [4.78, 5) is 10.00. The predicted octanol–water partition coefficient (Wildman–Crippen LogP) is -0.436. The topological polar surface area (TPSA) is 61.4 Å². The van der Waals surface area contributed by atoms with Crippen LogP contribution in [0.3, 0.4) is 0 Å².